The molecule has 0 aliphatic heterocycles. The number of aromatic amines is 1. The fourth-order valence-electron chi connectivity index (χ4n) is 2.41. The number of carbonyl (C=O) groups excluding carboxylic acids is 1. The number of thioether (sulfide) groups is 1. The average Bonchev–Trinajstić information content (AvgIpc) is 3.02. The van der Waals surface area contributed by atoms with Crippen LogP contribution in [0.25, 0.3) is 11.0 Å². The largest absolute Gasteiger partial charge is 0.495 e. The van der Waals surface area contributed by atoms with Gasteiger partial charge in [-0.15, -0.1) is 0 Å². The molecule has 3 aromatic rings. The molecule has 130 valence electrons. The van der Waals surface area contributed by atoms with Crippen molar-refractivity contribution in [2.24, 2.45) is 0 Å². The maximum atomic E-state index is 12.6. The fourth-order valence-corrected chi connectivity index (χ4v) is 3.59. The predicted octanol–water partition coefficient (Wildman–Crippen LogP) is 4.73. The van der Waals surface area contributed by atoms with Crippen LogP contribution in [0.15, 0.2) is 47.6 Å². The fraction of sp³-hybridized carbons (Fsp3) is 0.222. The molecule has 1 atom stereocenters. The molecule has 7 heteroatoms. The van der Waals surface area contributed by atoms with Gasteiger partial charge in [0.2, 0.25) is 5.91 Å². The average molecular weight is 376 g/mol. The van der Waals surface area contributed by atoms with Gasteiger partial charge < -0.3 is 15.0 Å². The summed E-state index contributed by atoms with van der Waals surface area (Å²) in [5.74, 6) is 0.484. The molecule has 0 bridgehead atoms. The van der Waals surface area contributed by atoms with Crippen molar-refractivity contribution in [1.82, 2.24) is 9.97 Å². The van der Waals surface area contributed by atoms with E-state index in [0.29, 0.717) is 22.9 Å². The Morgan fingerprint density at radius 1 is 1.36 bits per heavy atom. The van der Waals surface area contributed by atoms with Crippen LogP contribution < -0.4 is 10.1 Å². The van der Waals surface area contributed by atoms with Gasteiger partial charge in [-0.25, -0.2) is 4.98 Å². The van der Waals surface area contributed by atoms with E-state index in [-0.39, 0.29) is 11.2 Å². The second kappa shape index (κ2) is 7.80. The smallest absolute Gasteiger partial charge is 0.237 e. The van der Waals surface area contributed by atoms with Gasteiger partial charge >= 0.3 is 0 Å². The van der Waals surface area contributed by atoms with Crippen molar-refractivity contribution in [3.63, 3.8) is 0 Å². The minimum absolute atomic E-state index is 0.0887. The van der Waals surface area contributed by atoms with E-state index in [1.807, 2.05) is 31.2 Å². The topological polar surface area (TPSA) is 67.0 Å². The maximum absolute atomic E-state index is 12.6. The molecule has 1 unspecified atom stereocenters. The second-order valence-electron chi connectivity index (χ2n) is 5.41. The van der Waals surface area contributed by atoms with Gasteiger partial charge in [0.05, 0.1) is 28.4 Å². The third-order valence-electron chi connectivity index (χ3n) is 3.70. The Kier molecular flexibility index (Phi) is 5.50. The second-order valence-corrected chi connectivity index (χ2v) is 7.01. The summed E-state index contributed by atoms with van der Waals surface area (Å²) in [5.41, 5.74) is 2.49. The van der Waals surface area contributed by atoms with Crippen LogP contribution in [0.2, 0.25) is 5.02 Å². The van der Waals surface area contributed by atoms with Gasteiger partial charge in [0.25, 0.3) is 0 Å². The van der Waals surface area contributed by atoms with E-state index >= 15 is 0 Å². The summed E-state index contributed by atoms with van der Waals surface area (Å²) in [6.45, 7) is 1.97. The van der Waals surface area contributed by atoms with E-state index in [9.17, 15) is 4.79 Å². The van der Waals surface area contributed by atoms with E-state index in [2.05, 4.69) is 15.3 Å². The number of amides is 1. The highest BCUT2D eigenvalue weighted by Crippen LogP contribution is 2.29. The molecule has 2 N–H and O–H groups in total. The van der Waals surface area contributed by atoms with Crippen LogP contribution in [-0.4, -0.2) is 28.2 Å². The molecule has 1 heterocycles. The number of halogens is 1. The van der Waals surface area contributed by atoms with Crippen molar-refractivity contribution < 1.29 is 9.53 Å². The molecule has 1 amide bonds. The molecule has 1 aromatic heterocycles. The predicted molar refractivity (Wildman–Crippen MR) is 103 cm³/mol. The number of ether oxygens (including phenoxy) is 1. The molecule has 3 rings (SSSR count). The van der Waals surface area contributed by atoms with Gasteiger partial charge in [-0.1, -0.05) is 42.4 Å². The Labute approximate surface area is 155 Å². The number of H-pyrrole nitrogens is 1. The van der Waals surface area contributed by atoms with E-state index in [0.717, 1.165) is 16.2 Å². The Morgan fingerprint density at radius 3 is 2.84 bits per heavy atom. The summed E-state index contributed by atoms with van der Waals surface area (Å²) >= 11 is 7.52. The number of anilines is 1. The summed E-state index contributed by atoms with van der Waals surface area (Å²) in [4.78, 5) is 20.3. The summed E-state index contributed by atoms with van der Waals surface area (Å²) < 4.78 is 5.12. The molecular formula is C18H18ClN3O2S. The van der Waals surface area contributed by atoms with Crippen LogP contribution in [0, 0.1) is 0 Å². The molecule has 0 aliphatic carbocycles. The number of hydrogen-bond donors (Lipinski definition) is 2. The van der Waals surface area contributed by atoms with E-state index < -0.39 is 0 Å². The molecule has 0 fully saturated rings. The molecule has 5 nitrogen and oxygen atoms in total. The number of benzene rings is 2. The molecule has 0 saturated heterocycles. The zero-order chi connectivity index (χ0) is 17.8. The van der Waals surface area contributed by atoms with Gasteiger partial charge in [0, 0.05) is 5.69 Å². The molecule has 2 aromatic carbocycles. The number of methoxy groups -OCH3 is 1. The van der Waals surface area contributed by atoms with Crippen molar-refractivity contribution in [1.29, 1.82) is 0 Å². The standard InChI is InChI=1S/C18H18ClN3O2S/c1-3-16(25-18-21-13-6-4-5-7-14(13)22-18)17(23)20-11-8-9-15(24-2)12(19)10-11/h4-10,16H,3H2,1-2H3,(H,20,23)(H,21,22). The zero-order valence-corrected chi connectivity index (χ0v) is 15.4. The zero-order valence-electron chi connectivity index (χ0n) is 13.9. The van der Waals surface area contributed by atoms with Gasteiger partial charge in [0.15, 0.2) is 5.16 Å². The number of carbonyl (C=O) groups is 1. The van der Waals surface area contributed by atoms with Crippen molar-refractivity contribution in [2.75, 3.05) is 12.4 Å². The Hall–Kier alpha value is -2.18. The Balaban J connectivity index is 1.71. The number of imidazole rings is 1. The van der Waals surface area contributed by atoms with Gasteiger partial charge in [-0.05, 0) is 36.8 Å². The minimum atomic E-state index is -0.263. The normalized spacial score (nSPS) is 12.1. The summed E-state index contributed by atoms with van der Waals surface area (Å²) in [7, 11) is 1.55. The lowest BCUT2D eigenvalue weighted by Crippen LogP contribution is -2.24. The van der Waals surface area contributed by atoms with Crippen molar-refractivity contribution in [3.8, 4) is 5.75 Å². The Morgan fingerprint density at radius 2 is 2.16 bits per heavy atom. The number of aromatic nitrogens is 2. The number of rotatable bonds is 6. The van der Waals surface area contributed by atoms with Crippen LogP contribution >= 0.6 is 23.4 Å². The van der Waals surface area contributed by atoms with Gasteiger partial charge in [-0.3, -0.25) is 4.79 Å². The molecule has 25 heavy (non-hydrogen) atoms. The third kappa shape index (κ3) is 4.08. The summed E-state index contributed by atoms with van der Waals surface area (Å²) in [5, 5.41) is 3.82. The summed E-state index contributed by atoms with van der Waals surface area (Å²) in [6, 6.07) is 13.0. The highest BCUT2D eigenvalue weighted by Gasteiger charge is 2.20. The van der Waals surface area contributed by atoms with Crippen molar-refractivity contribution >= 4 is 46.0 Å². The number of nitrogens with zero attached hydrogens (tertiary/aromatic N) is 1. The third-order valence-corrected chi connectivity index (χ3v) is 5.25. The van der Waals surface area contributed by atoms with E-state index in [1.54, 1.807) is 25.3 Å². The minimum Gasteiger partial charge on any atom is -0.495 e. The van der Waals surface area contributed by atoms with Crippen LogP contribution in [0.4, 0.5) is 5.69 Å². The molecule has 0 radical (unpaired) electrons. The van der Waals surface area contributed by atoms with E-state index in [4.69, 9.17) is 16.3 Å². The number of nitrogens with one attached hydrogen (secondary N) is 2. The maximum Gasteiger partial charge on any atom is 0.237 e. The lowest BCUT2D eigenvalue weighted by Gasteiger charge is -2.14. The van der Waals surface area contributed by atoms with Crippen LogP contribution in [0.1, 0.15) is 13.3 Å². The molecular weight excluding hydrogens is 358 g/mol. The van der Waals surface area contributed by atoms with Crippen LogP contribution in [0.5, 0.6) is 5.75 Å². The van der Waals surface area contributed by atoms with Crippen LogP contribution in [0.3, 0.4) is 0 Å². The highest BCUT2D eigenvalue weighted by molar-refractivity contribution is 8.00. The number of hydrogen-bond acceptors (Lipinski definition) is 4. The van der Waals surface area contributed by atoms with Crippen LogP contribution in [-0.2, 0) is 4.79 Å². The quantitative estimate of drug-likeness (QED) is 0.611. The summed E-state index contributed by atoms with van der Waals surface area (Å²) in [6.07, 6.45) is 0.678. The van der Waals surface area contributed by atoms with Crippen molar-refractivity contribution in [2.45, 2.75) is 23.8 Å². The van der Waals surface area contributed by atoms with Gasteiger partial charge in [-0.2, -0.15) is 0 Å². The van der Waals surface area contributed by atoms with Gasteiger partial charge in [0.1, 0.15) is 5.75 Å². The lowest BCUT2D eigenvalue weighted by molar-refractivity contribution is -0.115. The number of para-hydroxylation sites is 2. The first-order valence-electron chi connectivity index (χ1n) is 7.86. The SMILES string of the molecule is CCC(Sc1nc2ccccc2[nH]1)C(=O)Nc1ccc(OC)c(Cl)c1. The molecule has 0 spiro atoms. The first-order chi connectivity index (χ1) is 12.1. The number of fused-ring (bicyclic) bond motifs is 1. The van der Waals surface area contributed by atoms with Crippen molar-refractivity contribution in [3.05, 3.63) is 47.5 Å². The monoisotopic (exact) mass is 375 g/mol. The first kappa shape index (κ1) is 17.6. The first-order valence-corrected chi connectivity index (χ1v) is 9.12. The molecule has 0 aliphatic rings. The van der Waals surface area contributed by atoms with E-state index in [1.165, 1.54) is 11.8 Å². The molecule has 0 saturated carbocycles. The lowest BCUT2D eigenvalue weighted by atomic mass is 10.2. The Bertz CT molecular complexity index is 864. The highest BCUT2D eigenvalue weighted by atomic mass is 35.5.